The van der Waals surface area contributed by atoms with E-state index < -0.39 is 5.97 Å². The molecule has 3 nitrogen and oxygen atoms in total. The number of nitrogen functional groups attached to an aromatic ring is 1. The average molecular weight is 347 g/mol. The molecule has 0 atom stereocenters. The van der Waals surface area contributed by atoms with E-state index in [0.717, 1.165) is 9.35 Å². The lowest BCUT2D eigenvalue weighted by Crippen LogP contribution is -2.05. The Morgan fingerprint density at radius 1 is 1.44 bits per heavy atom. The monoisotopic (exact) mass is 345 g/mol. The van der Waals surface area contributed by atoms with E-state index in [1.165, 1.54) is 17.4 Å². The summed E-state index contributed by atoms with van der Waals surface area (Å²) in [5.74, 6) is -0.458. The molecular weight excluding hydrogens is 338 g/mol. The van der Waals surface area contributed by atoms with Gasteiger partial charge in [-0.05, 0) is 45.6 Å². The van der Waals surface area contributed by atoms with E-state index >= 15 is 0 Å². The van der Waals surface area contributed by atoms with Crippen molar-refractivity contribution in [1.82, 2.24) is 0 Å². The van der Waals surface area contributed by atoms with E-state index in [2.05, 4.69) is 15.9 Å². The maximum atomic E-state index is 11.8. The third-order valence-electron chi connectivity index (χ3n) is 2.24. The van der Waals surface area contributed by atoms with Gasteiger partial charge in [0.05, 0.1) is 15.5 Å². The highest BCUT2D eigenvalue weighted by Gasteiger charge is 2.13. The van der Waals surface area contributed by atoms with Gasteiger partial charge in [-0.25, -0.2) is 4.79 Å². The molecule has 0 bridgehead atoms. The highest BCUT2D eigenvalue weighted by atomic mass is 79.9. The van der Waals surface area contributed by atoms with Crippen molar-refractivity contribution >= 4 is 50.5 Å². The molecule has 0 fully saturated rings. The van der Waals surface area contributed by atoms with Crippen LogP contribution < -0.4 is 5.73 Å². The quantitative estimate of drug-likeness (QED) is 0.672. The number of anilines is 1. The van der Waals surface area contributed by atoms with Crippen molar-refractivity contribution in [2.24, 2.45) is 0 Å². The molecule has 1 aromatic carbocycles. The van der Waals surface area contributed by atoms with Gasteiger partial charge in [0.2, 0.25) is 0 Å². The minimum absolute atomic E-state index is 0.220. The molecule has 6 heteroatoms. The Morgan fingerprint density at radius 2 is 2.22 bits per heavy atom. The highest BCUT2D eigenvalue weighted by Crippen LogP contribution is 2.25. The number of esters is 1. The second-order valence-corrected chi connectivity index (χ2v) is 5.77. The molecular formula is C12H9BrClNO2S. The van der Waals surface area contributed by atoms with Gasteiger partial charge in [0.1, 0.15) is 6.61 Å². The molecule has 1 heterocycles. The van der Waals surface area contributed by atoms with Crippen LogP contribution in [0.25, 0.3) is 0 Å². The van der Waals surface area contributed by atoms with Gasteiger partial charge in [-0.1, -0.05) is 11.6 Å². The first kappa shape index (κ1) is 13.4. The zero-order chi connectivity index (χ0) is 13.1. The third kappa shape index (κ3) is 3.04. The molecule has 0 radical (unpaired) electrons. The van der Waals surface area contributed by atoms with Crippen molar-refractivity contribution in [2.75, 3.05) is 5.73 Å². The standard InChI is InChI=1S/C12H9BrClNO2S/c13-9-3-4-18-11(9)6-17-12(16)8-2-1-7(15)5-10(8)14/h1-5H,6,15H2. The van der Waals surface area contributed by atoms with E-state index in [4.69, 9.17) is 22.1 Å². The molecule has 0 amide bonds. The number of carbonyl (C=O) groups is 1. The smallest absolute Gasteiger partial charge is 0.340 e. The number of benzene rings is 1. The number of halogens is 2. The summed E-state index contributed by atoms with van der Waals surface area (Å²) in [7, 11) is 0. The first-order valence-corrected chi connectivity index (χ1v) is 7.07. The topological polar surface area (TPSA) is 52.3 Å². The van der Waals surface area contributed by atoms with Crippen molar-refractivity contribution in [3.63, 3.8) is 0 Å². The van der Waals surface area contributed by atoms with Gasteiger partial charge < -0.3 is 10.5 Å². The molecule has 0 aliphatic rings. The molecule has 0 saturated heterocycles. The molecule has 0 spiro atoms. The Hall–Kier alpha value is -1.04. The molecule has 0 aliphatic heterocycles. The van der Waals surface area contributed by atoms with Gasteiger partial charge in [0.15, 0.2) is 0 Å². The van der Waals surface area contributed by atoms with Gasteiger partial charge in [-0.15, -0.1) is 11.3 Å². The van der Waals surface area contributed by atoms with E-state index in [9.17, 15) is 4.79 Å². The number of thiophene rings is 1. The number of hydrogen-bond donors (Lipinski definition) is 1. The molecule has 0 unspecified atom stereocenters. The molecule has 94 valence electrons. The predicted octanol–water partition coefficient (Wildman–Crippen LogP) is 4.10. The summed E-state index contributed by atoms with van der Waals surface area (Å²) in [6, 6.07) is 6.61. The van der Waals surface area contributed by atoms with Crippen LogP contribution in [0.4, 0.5) is 5.69 Å². The van der Waals surface area contributed by atoms with E-state index in [1.54, 1.807) is 12.1 Å². The van der Waals surface area contributed by atoms with E-state index in [1.807, 2.05) is 11.4 Å². The third-order valence-corrected chi connectivity index (χ3v) is 4.45. The Balaban J connectivity index is 2.06. The first-order valence-electron chi connectivity index (χ1n) is 5.02. The van der Waals surface area contributed by atoms with Crippen LogP contribution in [0, 0.1) is 0 Å². The van der Waals surface area contributed by atoms with Gasteiger partial charge in [0.25, 0.3) is 0 Å². The van der Waals surface area contributed by atoms with Crippen molar-refractivity contribution in [3.05, 3.63) is 49.6 Å². The van der Waals surface area contributed by atoms with Crippen molar-refractivity contribution < 1.29 is 9.53 Å². The number of rotatable bonds is 3. The Bertz CT molecular complexity index is 585. The number of ether oxygens (including phenoxy) is 1. The normalized spacial score (nSPS) is 10.3. The minimum atomic E-state index is -0.458. The summed E-state index contributed by atoms with van der Waals surface area (Å²) in [6.45, 7) is 0.220. The lowest BCUT2D eigenvalue weighted by molar-refractivity contribution is 0.0476. The second kappa shape index (κ2) is 5.73. The Morgan fingerprint density at radius 3 is 2.83 bits per heavy atom. The molecule has 1 aromatic heterocycles. The molecule has 2 rings (SSSR count). The summed E-state index contributed by atoms with van der Waals surface area (Å²) in [5.41, 5.74) is 6.39. The zero-order valence-electron chi connectivity index (χ0n) is 9.15. The largest absolute Gasteiger partial charge is 0.456 e. The summed E-state index contributed by atoms with van der Waals surface area (Å²) in [6.07, 6.45) is 0. The van der Waals surface area contributed by atoms with Crippen LogP contribution in [0.15, 0.2) is 34.1 Å². The first-order chi connectivity index (χ1) is 8.58. The summed E-state index contributed by atoms with van der Waals surface area (Å²) in [5, 5.41) is 2.22. The molecule has 0 saturated carbocycles. The van der Waals surface area contributed by atoms with Crippen molar-refractivity contribution in [1.29, 1.82) is 0 Å². The van der Waals surface area contributed by atoms with Crippen LogP contribution in [0.3, 0.4) is 0 Å². The number of nitrogens with two attached hydrogens (primary N) is 1. The van der Waals surface area contributed by atoms with Gasteiger partial charge >= 0.3 is 5.97 Å². The van der Waals surface area contributed by atoms with Gasteiger partial charge in [-0.2, -0.15) is 0 Å². The average Bonchev–Trinajstić information content (AvgIpc) is 2.72. The lowest BCUT2D eigenvalue weighted by atomic mass is 10.2. The van der Waals surface area contributed by atoms with Crippen molar-refractivity contribution in [3.8, 4) is 0 Å². The van der Waals surface area contributed by atoms with Crippen LogP contribution in [0.5, 0.6) is 0 Å². The maximum Gasteiger partial charge on any atom is 0.340 e. The maximum absolute atomic E-state index is 11.8. The van der Waals surface area contributed by atoms with Crippen LogP contribution >= 0.6 is 38.9 Å². The van der Waals surface area contributed by atoms with Crippen LogP contribution in [-0.2, 0) is 11.3 Å². The van der Waals surface area contributed by atoms with E-state index in [-0.39, 0.29) is 6.61 Å². The lowest BCUT2D eigenvalue weighted by Gasteiger charge is -2.06. The summed E-state index contributed by atoms with van der Waals surface area (Å²) < 4.78 is 6.12. The highest BCUT2D eigenvalue weighted by molar-refractivity contribution is 9.10. The number of hydrogen-bond acceptors (Lipinski definition) is 4. The SMILES string of the molecule is Nc1ccc(C(=O)OCc2sccc2Br)c(Cl)c1. The fraction of sp³-hybridized carbons (Fsp3) is 0.0833. The molecule has 0 aliphatic carbocycles. The number of carbonyl (C=O) groups excluding carboxylic acids is 1. The van der Waals surface area contributed by atoms with Crippen molar-refractivity contribution in [2.45, 2.75) is 6.61 Å². The molecule has 18 heavy (non-hydrogen) atoms. The van der Waals surface area contributed by atoms with Gasteiger partial charge in [-0.3, -0.25) is 0 Å². The summed E-state index contributed by atoms with van der Waals surface area (Å²) >= 11 is 10.8. The van der Waals surface area contributed by atoms with Crippen LogP contribution in [0.1, 0.15) is 15.2 Å². The van der Waals surface area contributed by atoms with E-state index in [0.29, 0.717) is 16.3 Å². The van der Waals surface area contributed by atoms with Crippen LogP contribution in [0.2, 0.25) is 5.02 Å². The second-order valence-electron chi connectivity index (χ2n) is 3.51. The predicted molar refractivity (Wildman–Crippen MR) is 77.0 cm³/mol. The Kier molecular flexibility index (Phi) is 4.27. The minimum Gasteiger partial charge on any atom is -0.456 e. The Labute approximate surface area is 122 Å². The molecule has 2 aromatic rings. The fourth-order valence-electron chi connectivity index (χ4n) is 1.33. The zero-order valence-corrected chi connectivity index (χ0v) is 12.3. The van der Waals surface area contributed by atoms with Gasteiger partial charge in [0, 0.05) is 10.2 Å². The fourth-order valence-corrected chi connectivity index (χ4v) is 2.98. The summed E-state index contributed by atoms with van der Waals surface area (Å²) in [4.78, 5) is 12.8. The molecule has 2 N–H and O–H groups in total. The van der Waals surface area contributed by atoms with Crippen LogP contribution in [-0.4, -0.2) is 5.97 Å².